The van der Waals surface area contributed by atoms with Crippen LogP contribution in [0.15, 0.2) is 36.4 Å². The van der Waals surface area contributed by atoms with Crippen LogP contribution in [0.25, 0.3) is 10.4 Å². The summed E-state index contributed by atoms with van der Waals surface area (Å²) in [5, 5.41) is 2.90. The summed E-state index contributed by atoms with van der Waals surface area (Å²) in [6.45, 7) is 4.97. The molecule has 3 nitrogen and oxygen atoms in total. The van der Waals surface area contributed by atoms with E-state index in [2.05, 4.69) is 5.32 Å². The minimum atomic E-state index is -0.232. The average molecular weight is 320 g/mol. The smallest absolute Gasteiger partial charge is 0.237 e. The Balaban J connectivity index is 2.13. The SMILES string of the molecule is CNCC(=O)N(Cc1ccc(-c2ccc(F)cc2)s1)C(C)C. The third-order valence-corrected chi connectivity index (χ3v) is 4.51. The molecular weight excluding hydrogens is 299 g/mol. The van der Waals surface area contributed by atoms with Gasteiger partial charge in [0.1, 0.15) is 5.82 Å². The first-order valence-corrected chi connectivity index (χ1v) is 8.11. The number of rotatable bonds is 6. The van der Waals surface area contributed by atoms with Crippen LogP contribution in [0.5, 0.6) is 0 Å². The highest BCUT2D eigenvalue weighted by molar-refractivity contribution is 7.15. The van der Waals surface area contributed by atoms with Gasteiger partial charge in [-0.15, -0.1) is 11.3 Å². The van der Waals surface area contributed by atoms with Gasteiger partial charge in [0.15, 0.2) is 0 Å². The molecule has 0 saturated carbocycles. The van der Waals surface area contributed by atoms with E-state index in [-0.39, 0.29) is 17.8 Å². The number of nitrogens with zero attached hydrogens (tertiary/aromatic N) is 1. The lowest BCUT2D eigenvalue weighted by Gasteiger charge is -2.26. The Kier molecular flexibility index (Phi) is 5.69. The zero-order chi connectivity index (χ0) is 16.1. The molecule has 0 aliphatic carbocycles. The van der Waals surface area contributed by atoms with E-state index in [1.165, 1.54) is 12.1 Å². The van der Waals surface area contributed by atoms with E-state index >= 15 is 0 Å². The van der Waals surface area contributed by atoms with E-state index in [0.29, 0.717) is 13.1 Å². The summed E-state index contributed by atoms with van der Waals surface area (Å²) in [6, 6.07) is 10.7. The zero-order valence-corrected chi connectivity index (χ0v) is 13.9. The minimum Gasteiger partial charge on any atom is -0.334 e. The molecule has 0 spiro atoms. The second-order valence-corrected chi connectivity index (χ2v) is 6.59. The first-order chi connectivity index (χ1) is 10.5. The van der Waals surface area contributed by atoms with Crippen LogP contribution in [-0.4, -0.2) is 30.4 Å². The van der Waals surface area contributed by atoms with Gasteiger partial charge in [0, 0.05) is 15.8 Å². The van der Waals surface area contributed by atoms with Crippen molar-refractivity contribution in [1.82, 2.24) is 10.2 Å². The lowest BCUT2D eigenvalue weighted by Crippen LogP contribution is -2.40. The van der Waals surface area contributed by atoms with Gasteiger partial charge in [-0.1, -0.05) is 12.1 Å². The molecule has 1 amide bonds. The predicted molar refractivity (Wildman–Crippen MR) is 89.3 cm³/mol. The van der Waals surface area contributed by atoms with Crippen LogP contribution in [0.1, 0.15) is 18.7 Å². The maximum atomic E-state index is 13.0. The Labute approximate surface area is 134 Å². The van der Waals surface area contributed by atoms with Crippen molar-refractivity contribution in [2.75, 3.05) is 13.6 Å². The number of hydrogen-bond acceptors (Lipinski definition) is 3. The van der Waals surface area contributed by atoms with E-state index in [1.54, 1.807) is 30.5 Å². The first-order valence-electron chi connectivity index (χ1n) is 7.30. The number of hydrogen-bond donors (Lipinski definition) is 1. The maximum absolute atomic E-state index is 13.0. The molecule has 5 heteroatoms. The normalized spacial score (nSPS) is 11.0. The van der Waals surface area contributed by atoms with Crippen molar-refractivity contribution in [3.05, 3.63) is 47.1 Å². The van der Waals surface area contributed by atoms with E-state index in [0.717, 1.165) is 15.3 Å². The van der Waals surface area contributed by atoms with Crippen molar-refractivity contribution >= 4 is 17.2 Å². The summed E-state index contributed by atoms with van der Waals surface area (Å²) < 4.78 is 13.0. The summed E-state index contributed by atoms with van der Waals surface area (Å²) in [5.41, 5.74) is 0.996. The van der Waals surface area contributed by atoms with E-state index in [1.807, 2.05) is 30.9 Å². The number of thiophene rings is 1. The van der Waals surface area contributed by atoms with Gasteiger partial charge in [0.2, 0.25) is 5.91 Å². The highest BCUT2D eigenvalue weighted by Crippen LogP contribution is 2.29. The van der Waals surface area contributed by atoms with Crippen LogP contribution in [-0.2, 0) is 11.3 Å². The lowest BCUT2D eigenvalue weighted by atomic mass is 10.2. The Morgan fingerprint density at radius 1 is 1.23 bits per heavy atom. The van der Waals surface area contributed by atoms with Gasteiger partial charge in [-0.25, -0.2) is 4.39 Å². The molecule has 0 atom stereocenters. The first kappa shape index (κ1) is 16.6. The summed E-state index contributed by atoms with van der Waals surface area (Å²) >= 11 is 1.64. The predicted octanol–water partition coefficient (Wildman–Crippen LogP) is 3.51. The fourth-order valence-electron chi connectivity index (χ4n) is 2.21. The van der Waals surface area contributed by atoms with Crippen LogP contribution in [0.4, 0.5) is 4.39 Å². The molecule has 118 valence electrons. The van der Waals surface area contributed by atoms with Gasteiger partial charge in [-0.05, 0) is 50.7 Å². The Morgan fingerprint density at radius 3 is 2.50 bits per heavy atom. The fourth-order valence-corrected chi connectivity index (χ4v) is 3.22. The molecule has 2 aromatic rings. The molecule has 0 bridgehead atoms. The Morgan fingerprint density at radius 2 is 1.91 bits per heavy atom. The number of carbonyl (C=O) groups is 1. The van der Waals surface area contributed by atoms with Gasteiger partial charge < -0.3 is 10.2 Å². The van der Waals surface area contributed by atoms with Gasteiger partial charge >= 0.3 is 0 Å². The molecular formula is C17H21FN2OS. The molecule has 22 heavy (non-hydrogen) atoms. The second kappa shape index (κ2) is 7.51. The largest absolute Gasteiger partial charge is 0.334 e. The van der Waals surface area contributed by atoms with Crippen LogP contribution in [0.2, 0.25) is 0 Å². The molecule has 1 aromatic carbocycles. The second-order valence-electron chi connectivity index (χ2n) is 5.42. The van der Waals surface area contributed by atoms with Gasteiger partial charge in [-0.3, -0.25) is 4.79 Å². The Bertz CT molecular complexity index is 622. The number of benzene rings is 1. The van der Waals surface area contributed by atoms with Crippen molar-refractivity contribution in [1.29, 1.82) is 0 Å². The molecule has 0 fully saturated rings. The molecule has 1 aromatic heterocycles. The zero-order valence-electron chi connectivity index (χ0n) is 13.1. The van der Waals surface area contributed by atoms with Crippen LogP contribution >= 0.6 is 11.3 Å². The monoisotopic (exact) mass is 320 g/mol. The fraction of sp³-hybridized carbons (Fsp3) is 0.353. The standard InChI is InChI=1S/C17H21FN2OS/c1-12(2)20(17(21)10-19-3)11-15-8-9-16(22-15)13-4-6-14(18)7-5-13/h4-9,12,19H,10-11H2,1-3H3. The topological polar surface area (TPSA) is 32.3 Å². The van der Waals surface area contributed by atoms with Crippen molar-refractivity contribution in [3.8, 4) is 10.4 Å². The number of likely N-dealkylation sites (N-methyl/N-ethyl adjacent to an activating group) is 1. The van der Waals surface area contributed by atoms with E-state index in [4.69, 9.17) is 0 Å². The van der Waals surface area contributed by atoms with Gasteiger partial charge in [0.05, 0.1) is 13.1 Å². The summed E-state index contributed by atoms with van der Waals surface area (Å²) in [7, 11) is 1.77. The molecule has 0 unspecified atom stereocenters. The number of nitrogens with one attached hydrogen (secondary N) is 1. The number of amides is 1. The molecule has 0 radical (unpaired) electrons. The Hall–Kier alpha value is -1.72. The van der Waals surface area contributed by atoms with Crippen molar-refractivity contribution in [3.63, 3.8) is 0 Å². The minimum absolute atomic E-state index is 0.0919. The molecule has 1 N–H and O–H groups in total. The van der Waals surface area contributed by atoms with E-state index in [9.17, 15) is 9.18 Å². The molecule has 1 heterocycles. The summed E-state index contributed by atoms with van der Waals surface area (Å²) in [5.74, 6) is -0.140. The van der Waals surface area contributed by atoms with Gasteiger partial charge in [-0.2, -0.15) is 0 Å². The average Bonchev–Trinajstić information content (AvgIpc) is 2.94. The van der Waals surface area contributed by atoms with Crippen LogP contribution in [0.3, 0.4) is 0 Å². The van der Waals surface area contributed by atoms with Crippen molar-refractivity contribution < 1.29 is 9.18 Å². The third kappa shape index (κ3) is 4.15. The van der Waals surface area contributed by atoms with Crippen molar-refractivity contribution in [2.45, 2.75) is 26.4 Å². The highest BCUT2D eigenvalue weighted by atomic mass is 32.1. The number of halogens is 1. The van der Waals surface area contributed by atoms with Gasteiger partial charge in [0.25, 0.3) is 0 Å². The molecule has 0 aliphatic rings. The number of carbonyl (C=O) groups excluding carboxylic acids is 1. The van der Waals surface area contributed by atoms with Crippen LogP contribution in [0, 0.1) is 5.82 Å². The maximum Gasteiger partial charge on any atom is 0.237 e. The molecule has 0 saturated heterocycles. The molecule has 2 rings (SSSR count). The quantitative estimate of drug-likeness (QED) is 0.883. The van der Waals surface area contributed by atoms with Crippen molar-refractivity contribution in [2.24, 2.45) is 0 Å². The van der Waals surface area contributed by atoms with Crippen LogP contribution < -0.4 is 5.32 Å². The summed E-state index contributed by atoms with van der Waals surface area (Å²) in [6.07, 6.45) is 0. The van der Waals surface area contributed by atoms with E-state index < -0.39 is 0 Å². The lowest BCUT2D eigenvalue weighted by molar-refractivity contribution is -0.132. The third-order valence-electron chi connectivity index (χ3n) is 3.39. The summed E-state index contributed by atoms with van der Waals surface area (Å²) in [4.78, 5) is 16.2. The highest BCUT2D eigenvalue weighted by Gasteiger charge is 2.17. The molecule has 0 aliphatic heterocycles.